The van der Waals surface area contributed by atoms with E-state index in [1.807, 2.05) is 25.7 Å². The molecule has 0 saturated carbocycles. The number of amides is 2. The molecular weight excluding hydrogens is 403 g/mol. The van der Waals surface area contributed by atoms with Crippen molar-refractivity contribution in [3.8, 4) is 0 Å². The molecule has 0 aliphatic carbocycles. The lowest BCUT2D eigenvalue weighted by Crippen LogP contribution is -2.56. The van der Waals surface area contributed by atoms with E-state index in [2.05, 4.69) is 0 Å². The molecule has 172 valence electrons. The lowest BCUT2D eigenvalue weighted by molar-refractivity contribution is -0.119. The molecule has 0 unspecified atom stereocenters. The van der Waals surface area contributed by atoms with E-state index in [4.69, 9.17) is 15.2 Å². The van der Waals surface area contributed by atoms with Crippen molar-refractivity contribution in [2.45, 2.75) is 51.4 Å². The highest BCUT2D eigenvalue weighted by atomic mass is 19.1. The van der Waals surface area contributed by atoms with Gasteiger partial charge in [-0.2, -0.15) is 0 Å². The second-order valence-electron chi connectivity index (χ2n) is 9.12. The average Bonchev–Trinajstić information content (AvgIpc) is 2.65. The average molecular weight is 437 g/mol. The third-order valence-corrected chi connectivity index (χ3v) is 5.43. The third-order valence-electron chi connectivity index (χ3n) is 5.43. The summed E-state index contributed by atoms with van der Waals surface area (Å²) in [4.78, 5) is 29.4. The fourth-order valence-electron chi connectivity index (χ4n) is 3.73. The van der Waals surface area contributed by atoms with Crippen LogP contribution < -0.4 is 15.5 Å². The number of fused-ring (bicyclic) bond motifs is 1. The molecule has 3 rings (SSSR count). The van der Waals surface area contributed by atoms with Gasteiger partial charge in [0.05, 0.1) is 36.6 Å². The van der Waals surface area contributed by atoms with Gasteiger partial charge in [0.15, 0.2) is 0 Å². The molecule has 1 aromatic rings. The van der Waals surface area contributed by atoms with Gasteiger partial charge < -0.3 is 29.9 Å². The van der Waals surface area contributed by atoms with Crippen molar-refractivity contribution in [2.75, 3.05) is 49.6 Å². The van der Waals surface area contributed by atoms with Crippen LogP contribution in [0.2, 0.25) is 0 Å². The largest absolute Gasteiger partial charge is 0.444 e. The molecule has 9 heteroatoms. The van der Waals surface area contributed by atoms with Crippen LogP contribution in [0.15, 0.2) is 18.2 Å². The van der Waals surface area contributed by atoms with Gasteiger partial charge in [-0.3, -0.25) is 4.79 Å². The first-order valence-electron chi connectivity index (χ1n) is 10.7. The van der Waals surface area contributed by atoms with Crippen LogP contribution in [0.4, 0.5) is 20.6 Å². The number of likely N-dealkylation sites (tertiary alicyclic amines) is 1. The molecule has 0 bridgehead atoms. The summed E-state index contributed by atoms with van der Waals surface area (Å²) < 4.78 is 25.9. The molecule has 0 spiro atoms. The second kappa shape index (κ2) is 9.40. The van der Waals surface area contributed by atoms with Crippen LogP contribution in [-0.4, -0.2) is 74.5 Å². The summed E-state index contributed by atoms with van der Waals surface area (Å²) in [6.45, 7) is 8.10. The number of hydrogen-bond acceptors (Lipinski definition) is 6. The van der Waals surface area contributed by atoms with Crippen molar-refractivity contribution >= 4 is 23.4 Å². The highest BCUT2D eigenvalue weighted by Crippen LogP contribution is 2.34. The second-order valence-corrected chi connectivity index (χ2v) is 9.12. The smallest absolute Gasteiger partial charge is 0.410 e. The number of hydrogen-bond donors (Lipinski definition) is 1. The van der Waals surface area contributed by atoms with Gasteiger partial charge in [0.25, 0.3) is 0 Å². The normalized spacial score (nSPS) is 20.1. The van der Waals surface area contributed by atoms with E-state index >= 15 is 0 Å². The Kier molecular flexibility index (Phi) is 7.06. The number of carbonyl (C=O) groups excluding carboxylic acids is 2. The summed E-state index contributed by atoms with van der Waals surface area (Å²) in [6, 6.07) is 4.12. The van der Waals surface area contributed by atoms with E-state index in [-0.39, 0.29) is 23.9 Å². The molecule has 2 aliphatic heterocycles. The Morgan fingerprint density at radius 1 is 1.29 bits per heavy atom. The molecule has 31 heavy (non-hydrogen) atoms. The molecule has 0 radical (unpaired) electrons. The fourth-order valence-corrected chi connectivity index (χ4v) is 3.73. The summed E-state index contributed by atoms with van der Waals surface area (Å²) in [5, 5.41) is 0. The molecule has 1 fully saturated rings. The third kappa shape index (κ3) is 5.65. The topological polar surface area (TPSA) is 88.3 Å². The quantitative estimate of drug-likeness (QED) is 0.713. The van der Waals surface area contributed by atoms with Crippen molar-refractivity contribution < 1.29 is 23.5 Å². The number of likely N-dealkylation sites (N-methyl/N-ethyl adjacent to an activating group) is 1. The first-order chi connectivity index (χ1) is 14.6. The number of carbonyl (C=O) groups is 2. The van der Waals surface area contributed by atoms with Gasteiger partial charge in [-0.05, 0) is 45.7 Å². The van der Waals surface area contributed by atoms with E-state index in [1.165, 1.54) is 11.0 Å². The molecule has 2 heterocycles. The summed E-state index contributed by atoms with van der Waals surface area (Å²) in [5.74, 6) is -0.574. The Hall–Kier alpha value is -2.39. The van der Waals surface area contributed by atoms with E-state index in [9.17, 15) is 14.0 Å². The lowest BCUT2D eigenvalue weighted by atomic mass is 10.1. The zero-order valence-corrected chi connectivity index (χ0v) is 18.8. The summed E-state index contributed by atoms with van der Waals surface area (Å²) in [5.41, 5.74) is 6.44. The van der Waals surface area contributed by atoms with Crippen LogP contribution >= 0.6 is 0 Å². The Labute approximate surface area is 183 Å². The first-order valence-corrected chi connectivity index (χ1v) is 10.7. The minimum absolute atomic E-state index is 0.0129. The van der Waals surface area contributed by atoms with Gasteiger partial charge in [0.2, 0.25) is 5.91 Å². The number of benzene rings is 1. The molecular formula is C22H33FN4O4. The van der Waals surface area contributed by atoms with Gasteiger partial charge in [-0.1, -0.05) is 6.07 Å². The lowest BCUT2D eigenvalue weighted by Gasteiger charge is -2.39. The zero-order valence-electron chi connectivity index (χ0n) is 18.8. The Bertz CT molecular complexity index is 807. The number of halogens is 1. The van der Waals surface area contributed by atoms with Crippen LogP contribution in [0, 0.1) is 5.82 Å². The van der Waals surface area contributed by atoms with Gasteiger partial charge >= 0.3 is 6.09 Å². The van der Waals surface area contributed by atoms with Crippen molar-refractivity contribution in [1.82, 2.24) is 4.90 Å². The number of rotatable bonds is 5. The van der Waals surface area contributed by atoms with E-state index in [0.29, 0.717) is 57.0 Å². The molecule has 1 atom stereocenters. The van der Waals surface area contributed by atoms with Crippen molar-refractivity contribution in [3.63, 3.8) is 0 Å². The van der Waals surface area contributed by atoms with Gasteiger partial charge in [-0.25, -0.2) is 9.18 Å². The molecule has 2 amide bonds. The number of para-hydroxylation sites is 1. The van der Waals surface area contributed by atoms with E-state index < -0.39 is 11.6 Å². The predicted molar refractivity (Wildman–Crippen MR) is 117 cm³/mol. The summed E-state index contributed by atoms with van der Waals surface area (Å²) in [6.07, 6.45) is 0.797. The maximum absolute atomic E-state index is 14.7. The fraction of sp³-hybridized carbons (Fsp3) is 0.636. The number of ether oxygens (including phenoxy) is 2. The van der Waals surface area contributed by atoms with Crippen molar-refractivity contribution in [2.24, 2.45) is 5.73 Å². The zero-order chi connectivity index (χ0) is 22.8. The number of nitrogens with zero attached hydrogens (tertiary/aromatic N) is 3. The van der Waals surface area contributed by atoms with Crippen LogP contribution in [0.1, 0.15) is 33.6 Å². The highest BCUT2D eigenvalue weighted by molar-refractivity contribution is 6.00. The van der Waals surface area contributed by atoms with Gasteiger partial charge in [0.1, 0.15) is 11.4 Å². The highest BCUT2D eigenvalue weighted by Gasteiger charge is 2.34. The van der Waals surface area contributed by atoms with Crippen molar-refractivity contribution in [3.05, 3.63) is 24.0 Å². The maximum Gasteiger partial charge on any atom is 0.410 e. The summed E-state index contributed by atoms with van der Waals surface area (Å²) in [7, 11) is 1.63. The SMILES string of the molecule is CN1C(=O)[C@@H](N)CCN(CCCOC2CN(C(=O)OC(C)(C)C)C2)c2c(F)cccc21. The van der Waals surface area contributed by atoms with Gasteiger partial charge in [0, 0.05) is 26.7 Å². The van der Waals surface area contributed by atoms with Crippen LogP contribution in [-0.2, 0) is 14.3 Å². The Balaban J connectivity index is 1.51. The van der Waals surface area contributed by atoms with E-state index in [0.717, 1.165) is 0 Å². The van der Waals surface area contributed by atoms with Crippen molar-refractivity contribution in [1.29, 1.82) is 0 Å². The molecule has 1 saturated heterocycles. The molecule has 2 aliphatic rings. The number of anilines is 2. The minimum Gasteiger partial charge on any atom is -0.444 e. The molecule has 0 aromatic heterocycles. The predicted octanol–water partition coefficient (Wildman–Crippen LogP) is 2.35. The summed E-state index contributed by atoms with van der Waals surface area (Å²) >= 11 is 0. The maximum atomic E-state index is 14.7. The first kappa shape index (κ1) is 23.3. The molecule has 8 nitrogen and oxygen atoms in total. The molecule has 2 N–H and O–H groups in total. The minimum atomic E-state index is -0.617. The Morgan fingerprint density at radius 3 is 2.68 bits per heavy atom. The van der Waals surface area contributed by atoms with Gasteiger partial charge in [-0.15, -0.1) is 0 Å². The standard InChI is InChI=1S/C22H33FN4O4/c1-22(2,3)31-21(29)27-13-15(14-27)30-12-6-10-26-11-9-17(24)20(28)25(4)18-8-5-7-16(23)19(18)26/h5,7-8,15,17H,6,9-14,24H2,1-4H3/t17-/m0/s1. The van der Waals surface area contributed by atoms with E-state index in [1.54, 1.807) is 24.1 Å². The Morgan fingerprint density at radius 2 is 2.00 bits per heavy atom. The van der Waals surface area contributed by atoms with Crippen LogP contribution in [0.3, 0.4) is 0 Å². The monoisotopic (exact) mass is 436 g/mol. The number of nitrogens with two attached hydrogens (primary N) is 1. The molecule has 1 aromatic carbocycles. The van der Waals surface area contributed by atoms with Crippen LogP contribution in [0.5, 0.6) is 0 Å². The van der Waals surface area contributed by atoms with Crippen LogP contribution in [0.25, 0.3) is 0 Å².